The van der Waals surface area contributed by atoms with Crippen LogP contribution in [0.5, 0.6) is 11.5 Å². The van der Waals surface area contributed by atoms with Crippen molar-refractivity contribution in [2.45, 2.75) is 31.5 Å². The average molecular weight is 993 g/mol. The van der Waals surface area contributed by atoms with Gasteiger partial charge in [0, 0.05) is 48.4 Å². The van der Waals surface area contributed by atoms with Gasteiger partial charge in [0.15, 0.2) is 5.82 Å². The number of piperidine rings is 1. The topological polar surface area (TPSA) is 234 Å². The molecule has 70 heavy (non-hydrogen) atoms. The minimum Gasteiger partial charge on any atom is -0.491 e. The first-order chi connectivity index (χ1) is 33.8. The lowest BCUT2D eigenvalue weighted by Crippen LogP contribution is -2.54. The number of nitrogens with zero attached hydrogens (tertiary/aromatic N) is 3. The van der Waals surface area contributed by atoms with E-state index in [1.54, 1.807) is 48.7 Å². The molecule has 4 amide bonds. The maximum absolute atomic E-state index is 15.7. The number of fused-ring (bicyclic) bond motifs is 2. The van der Waals surface area contributed by atoms with Gasteiger partial charge >= 0.3 is 10.2 Å². The molecule has 8 rings (SSSR count). The fourth-order valence-corrected chi connectivity index (χ4v) is 9.24. The number of imide groups is 2. The third-order valence-corrected chi connectivity index (χ3v) is 13.0. The highest BCUT2D eigenvalue weighted by Crippen LogP contribution is 2.34. The Hall–Kier alpha value is -6.76. The number of amides is 4. The second-order valence-corrected chi connectivity index (χ2v) is 17.8. The zero-order chi connectivity index (χ0) is 49.4. The molecule has 1 unspecified atom stereocenters. The van der Waals surface area contributed by atoms with Crippen molar-refractivity contribution in [1.82, 2.24) is 24.5 Å². The Labute approximate surface area is 398 Å². The highest BCUT2D eigenvalue weighted by molar-refractivity contribution is 7.90. The third kappa shape index (κ3) is 11.3. The lowest BCUT2D eigenvalue weighted by atomic mass is 10.00. The van der Waals surface area contributed by atoms with Gasteiger partial charge < -0.3 is 33.4 Å². The molecule has 370 valence electrons. The van der Waals surface area contributed by atoms with Crippen LogP contribution >= 0.6 is 0 Å². The van der Waals surface area contributed by atoms with Crippen LogP contribution in [-0.4, -0.2) is 148 Å². The van der Waals surface area contributed by atoms with Crippen molar-refractivity contribution in [3.05, 3.63) is 107 Å². The lowest BCUT2D eigenvalue weighted by molar-refractivity contribution is -0.136. The summed E-state index contributed by atoms with van der Waals surface area (Å²) in [6, 6.07) is 13.9. The molecule has 0 radical (unpaired) electrons. The first-order valence-corrected chi connectivity index (χ1v) is 23.7. The van der Waals surface area contributed by atoms with Gasteiger partial charge in [0.25, 0.3) is 11.8 Å². The van der Waals surface area contributed by atoms with Gasteiger partial charge in [-0.15, -0.1) is 0 Å². The van der Waals surface area contributed by atoms with E-state index in [1.807, 2.05) is 4.72 Å². The maximum Gasteiger partial charge on any atom is 0.301 e. The molecule has 3 aromatic carbocycles. The number of aromatic amines is 1. The van der Waals surface area contributed by atoms with Crippen LogP contribution in [0.25, 0.3) is 22.2 Å². The van der Waals surface area contributed by atoms with Crippen LogP contribution in [0.2, 0.25) is 0 Å². The van der Waals surface area contributed by atoms with Crippen molar-refractivity contribution in [1.29, 1.82) is 0 Å². The van der Waals surface area contributed by atoms with Crippen molar-refractivity contribution >= 4 is 56.3 Å². The van der Waals surface area contributed by atoms with Crippen molar-refractivity contribution in [3.8, 4) is 22.6 Å². The van der Waals surface area contributed by atoms with Crippen LogP contribution in [-0.2, 0) is 38.7 Å². The molecule has 2 atom stereocenters. The van der Waals surface area contributed by atoms with Gasteiger partial charge in [0.1, 0.15) is 48.4 Å². The van der Waals surface area contributed by atoms with Crippen LogP contribution < -0.4 is 19.5 Å². The fraction of sp³-hybridized carbons (Fsp3) is 0.362. The maximum atomic E-state index is 15.7. The Morgan fingerprint density at radius 2 is 1.47 bits per heavy atom. The Morgan fingerprint density at radius 1 is 0.800 bits per heavy atom. The first-order valence-electron chi connectivity index (χ1n) is 22.2. The molecule has 2 aromatic heterocycles. The number of benzene rings is 3. The van der Waals surface area contributed by atoms with Crippen molar-refractivity contribution < 1.29 is 74.0 Å². The SMILES string of the molecule is O=C1CCC(N2C(=O)c3cccc(OCCOCCOCCOCCOCCOc4ccc(-c5cnc6[nH]cc(C(=O)c7c(F)ccc(NS(=O)(=O)N8CC[C@@H](F)C8)c7F)c6c5)cc4)c3C2=O)C(=O)N1. The zero-order valence-corrected chi connectivity index (χ0v) is 38.2. The summed E-state index contributed by atoms with van der Waals surface area (Å²) >= 11 is 0. The highest BCUT2D eigenvalue weighted by atomic mass is 32.2. The van der Waals surface area contributed by atoms with E-state index in [9.17, 15) is 36.8 Å². The van der Waals surface area contributed by atoms with Gasteiger partial charge in [-0.1, -0.05) is 18.2 Å². The molecule has 19 nitrogen and oxygen atoms in total. The van der Waals surface area contributed by atoms with Crippen molar-refractivity contribution in [2.24, 2.45) is 0 Å². The molecular formula is C47H47F3N6O13S. The van der Waals surface area contributed by atoms with E-state index >= 15 is 8.78 Å². The van der Waals surface area contributed by atoms with Crippen LogP contribution in [0, 0.1) is 11.6 Å². The summed E-state index contributed by atoms with van der Waals surface area (Å²) < 4.78 is 106. The molecule has 0 saturated carbocycles. The normalized spacial score (nSPS) is 17.3. The molecular weight excluding hydrogens is 946 g/mol. The monoisotopic (exact) mass is 992 g/mol. The number of anilines is 1. The van der Waals surface area contributed by atoms with Crippen molar-refractivity contribution in [3.63, 3.8) is 0 Å². The van der Waals surface area contributed by atoms with Gasteiger partial charge in [-0.25, -0.2) is 18.2 Å². The van der Waals surface area contributed by atoms with E-state index in [-0.39, 0.29) is 85.7 Å². The van der Waals surface area contributed by atoms with Gasteiger partial charge in [-0.2, -0.15) is 12.7 Å². The number of H-pyrrole nitrogens is 1. The summed E-state index contributed by atoms with van der Waals surface area (Å²) in [5, 5.41) is 2.45. The second-order valence-electron chi connectivity index (χ2n) is 16.1. The van der Waals surface area contributed by atoms with Crippen LogP contribution in [0.4, 0.5) is 18.9 Å². The summed E-state index contributed by atoms with van der Waals surface area (Å²) in [5.41, 5.74) is 0.0482. The molecule has 23 heteroatoms. The Balaban J connectivity index is 0.692. The third-order valence-electron chi connectivity index (χ3n) is 11.5. The fourth-order valence-electron chi connectivity index (χ4n) is 7.97. The van der Waals surface area contributed by atoms with Crippen LogP contribution in [0.15, 0.2) is 73.1 Å². The number of pyridine rings is 1. The summed E-state index contributed by atoms with van der Waals surface area (Å²) in [4.78, 5) is 71.8. The first kappa shape index (κ1) is 49.7. The van der Waals surface area contributed by atoms with Gasteiger partial charge in [-0.05, 0) is 60.9 Å². The molecule has 0 spiro atoms. The summed E-state index contributed by atoms with van der Waals surface area (Å²) in [7, 11) is -4.37. The van der Waals surface area contributed by atoms with E-state index in [4.69, 9.17) is 28.4 Å². The number of carbonyl (C=O) groups excluding carboxylic acids is 5. The number of ketones is 1. The largest absolute Gasteiger partial charge is 0.491 e. The van der Waals surface area contributed by atoms with E-state index in [2.05, 4.69) is 15.3 Å². The molecule has 5 heterocycles. The minimum absolute atomic E-state index is 0.0132. The van der Waals surface area contributed by atoms with Gasteiger partial charge in [0.05, 0.1) is 75.2 Å². The molecule has 0 bridgehead atoms. The van der Waals surface area contributed by atoms with Gasteiger partial charge in [0.2, 0.25) is 17.6 Å². The van der Waals surface area contributed by atoms with Gasteiger partial charge in [-0.3, -0.25) is 38.9 Å². The molecule has 3 aliphatic rings. The molecule has 2 saturated heterocycles. The zero-order valence-electron chi connectivity index (χ0n) is 37.4. The van der Waals surface area contributed by atoms with Crippen molar-refractivity contribution in [2.75, 3.05) is 83.9 Å². The summed E-state index contributed by atoms with van der Waals surface area (Å²) in [5.74, 6) is -5.31. The number of hydrogen-bond donors (Lipinski definition) is 3. The van der Waals surface area contributed by atoms with Crippen LogP contribution in [0.3, 0.4) is 0 Å². The molecule has 5 aromatic rings. The Morgan fingerprint density at radius 3 is 2.13 bits per heavy atom. The number of nitrogens with one attached hydrogen (secondary N) is 3. The summed E-state index contributed by atoms with van der Waals surface area (Å²) in [6.07, 6.45) is 1.53. The molecule has 2 fully saturated rings. The highest BCUT2D eigenvalue weighted by Gasteiger charge is 2.46. The standard InChI is InChI=1S/C47H47F3N6O13S/c48-30-12-13-55(27-30)70(62,63)54-36-9-8-35(49)41(42(36)50)43(58)34-26-52-44-33(34)24-29(25-51-44)28-4-6-31(7-5-28)68-22-20-66-18-16-64-14-15-65-17-19-67-21-23-69-38-3-1-2-32-40(38)47(61)56(46(32)60)37-10-11-39(57)53-45(37)59/h1-9,24-26,30,37,54H,10-23,27H2,(H,51,52)(H,53,57,59)/t30-,37?/m1/s1. The van der Waals surface area contributed by atoms with Crippen LogP contribution in [0.1, 0.15) is 55.9 Å². The molecule has 3 aliphatic heterocycles. The number of alkyl halides is 1. The van der Waals surface area contributed by atoms with E-state index in [1.165, 1.54) is 12.3 Å². The Kier molecular flexibility index (Phi) is 15.8. The predicted octanol–water partition coefficient (Wildman–Crippen LogP) is 4.37. The number of hydrogen-bond acceptors (Lipinski definition) is 14. The Bertz CT molecular complexity index is 2890. The smallest absolute Gasteiger partial charge is 0.301 e. The predicted molar refractivity (Wildman–Crippen MR) is 242 cm³/mol. The molecule has 0 aliphatic carbocycles. The van der Waals surface area contributed by atoms with E-state index in [0.29, 0.717) is 56.5 Å². The van der Waals surface area contributed by atoms with E-state index in [0.717, 1.165) is 21.3 Å². The summed E-state index contributed by atoms with van der Waals surface area (Å²) in [6.45, 7) is 2.22. The number of aromatic nitrogens is 2. The lowest BCUT2D eigenvalue weighted by Gasteiger charge is -2.27. The second kappa shape index (κ2) is 22.3. The molecule has 3 N–H and O–H groups in total. The average Bonchev–Trinajstić information content (AvgIpc) is 4.05. The number of ether oxygens (including phenoxy) is 6. The minimum atomic E-state index is -4.37. The number of carbonyl (C=O) groups is 5. The quantitative estimate of drug-likeness (QED) is 0.0443. The number of halogens is 3. The number of rotatable bonds is 24. The van der Waals surface area contributed by atoms with E-state index < -0.39 is 81.3 Å².